The molecule has 0 aromatic heterocycles. The van der Waals surface area contributed by atoms with Crippen LogP contribution in [-0.4, -0.2) is 57.7 Å². The maximum atomic E-state index is 7.23. The molecule has 10 atom stereocenters. The molecular formula is C39H78O4Si4. The van der Waals surface area contributed by atoms with E-state index in [9.17, 15) is 0 Å². The van der Waals surface area contributed by atoms with Gasteiger partial charge in [-0.3, -0.25) is 0 Å². The van der Waals surface area contributed by atoms with Crippen LogP contribution >= 0.6 is 0 Å². The molecule has 3 saturated carbocycles. The zero-order valence-corrected chi connectivity index (χ0v) is 38.0. The molecule has 0 aromatic carbocycles. The number of hydrogen-bond acceptors (Lipinski definition) is 4. The van der Waals surface area contributed by atoms with E-state index in [2.05, 4.69) is 112 Å². The lowest BCUT2D eigenvalue weighted by Gasteiger charge is -2.61. The van der Waals surface area contributed by atoms with Crippen LogP contribution in [0.25, 0.3) is 0 Å². The summed E-state index contributed by atoms with van der Waals surface area (Å²) in [5.41, 5.74) is 2.24. The molecule has 0 N–H and O–H groups in total. The van der Waals surface area contributed by atoms with E-state index >= 15 is 0 Å². The predicted octanol–water partition coefficient (Wildman–Crippen LogP) is 11.9. The van der Waals surface area contributed by atoms with E-state index in [1.54, 1.807) is 5.57 Å². The van der Waals surface area contributed by atoms with Crippen molar-refractivity contribution in [2.45, 2.75) is 188 Å². The van der Waals surface area contributed by atoms with Gasteiger partial charge in [0.05, 0.1) is 18.3 Å². The molecule has 4 aliphatic carbocycles. The summed E-state index contributed by atoms with van der Waals surface area (Å²) in [6, 6.07) is 0. The summed E-state index contributed by atoms with van der Waals surface area (Å²) >= 11 is 0. The summed E-state index contributed by atoms with van der Waals surface area (Å²) in [5.74, 6) is 3.72. The minimum Gasteiger partial charge on any atom is -0.415 e. The number of rotatable bonds is 14. The molecule has 8 heteroatoms. The Hall–Kier alpha value is 0.448. The Balaban J connectivity index is 1.51. The summed E-state index contributed by atoms with van der Waals surface area (Å²) in [7, 11) is -6.57. The molecule has 4 rings (SSSR count). The van der Waals surface area contributed by atoms with Crippen molar-refractivity contribution in [2.24, 2.45) is 40.4 Å². The fourth-order valence-electron chi connectivity index (χ4n) is 10.9. The van der Waals surface area contributed by atoms with Gasteiger partial charge in [0.1, 0.15) is 0 Å². The topological polar surface area (TPSA) is 36.9 Å². The second-order valence-electron chi connectivity index (χ2n) is 21.4. The standard InChI is InChI=1S/C39H78O4Si4/c1-29(18-17-23-37(2,43-47(14,15)16)28-40-44(5,6)7)32-19-20-33-36-34(22-25-39(32,33)4)38(3)24-21-31(41-45(8,9)10)26-30(38)27-35(36)42-46(11,12)13/h27,29,31-36H,17-26,28H2,1-16H3/t29-,31+,32-,33?,34?,35-,36?,37?,38+,39-/m1/s1. The molecule has 4 aliphatic rings. The third-order valence-electron chi connectivity index (χ3n) is 12.6. The van der Waals surface area contributed by atoms with Crippen molar-refractivity contribution in [2.75, 3.05) is 6.61 Å². The molecule has 3 fully saturated rings. The van der Waals surface area contributed by atoms with Gasteiger partial charge < -0.3 is 17.7 Å². The average molecular weight is 723 g/mol. The monoisotopic (exact) mass is 722 g/mol. The van der Waals surface area contributed by atoms with Crippen LogP contribution in [0.15, 0.2) is 11.6 Å². The zero-order valence-electron chi connectivity index (χ0n) is 34.0. The van der Waals surface area contributed by atoms with E-state index in [-0.39, 0.29) is 11.7 Å². The predicted molar refractivity (Wildman–Crippen MR) is 212 cm³/mol. The first-order chi connectivity index (χ1) is 21.2. The Bertz CT molecular complexity index is 1100. The van der Waals surface area contributed by atoms with Gasteiger partial charge in [-0.1, -0.05) is 45.3 Å². The normalized spacial score (nSPS) is 37.0. The van der Waals surface area contributed by atoms with Crippen LogP contribution in [-0.2, 0) is 17.7 Å². The van der Waals surface area contributed by atoms with Crippen LogP contribution in [0.3, 0.4) is 0 Å². The summed E-state index contributed by atoms with van der Waals surface area (Å²) in [6.45, 7) is 39.2. The van der Waals surface area contributed by atoms with Crippen LogP contribution in [0.2, 0.25) is 78.6 Å². The molecule has 0 bridgehead atoms. The van der Waals surface area contributed by atoms with Gasteiger partial charge >= 0.3 is 0 Å². The van der Waals surface area contributed by atoms with Crippen LogP contribution in [0, 0.1) is 40.4 Å². The molecule has 0 amide bonds. The van der Waals surface area contributed by atoms with Gasteiger partial charge in [-0.05, 0) is 177 Å². The van der Waals surface area contributed by atoms with E-state index in [1.165, 1.54) is 51.4 Å². The second-order valence-corrected chi connectivity index (χ2v) is 39.2. The first kappa shape index (κ1) is 40.2. The Labute approximate surface area is 296 Å². The minimum absolute atomic E-state index is 0.174. The Morgan fingerprint density at radius 3 is 2.00 bits per heavy atom. The zero-order chi connectivity index (χ0) is 35.4. The number of hydrogen-bond donors (Lipinski definition) is 0. The molecule has 0 saturated heterocycles. The lowest BCUT2D eigenvalue weighted by molar-refractivity contribution is -0.0925. The van der Waals surface area contributed by atoms with Gasteiger partial charge in [-0.25, -0.2) is 0 Å². The summed E-state index contributed by atoms with van der Waals surface area (Å²) < 4.78 is 27.3. The maximum absolute atomic E-state index is 7.23. The third-order valence-corrected chi connectivity index (χ3v) is 16.7. The van der Waals surface area contributed by atoms with Gasteiger partial charge in [0, 0.05) is 6.10 Å². The fourth-order valence-corrected chi connectivity index (χ4v) is 15.6. The molecule has 274 valence electrons. The molecule has 4 nitrogen and oxygen atoms in total. The molecule has 0 spiro atoms. The van der Waals surface area contributed by atoms with E-state index in [0.717, 1.165) is 43.1 Å². The lowest BCUT2D eigenvalue weighted by atomic mass is 9.46. The Kier molecular flexibility index (Phi) is 12.1. The van der Waals surface area contributed by atoms with E-state index in [4.69, 9.17) is 17.7 Å². The smallest absolute Gasteiger partial charge is 0.184 e. The quantitative estimate of drug-likeness (QED) is 0.132. The summed E-state index contributed by atoms with van der Waals surface area (Å²) in [6.07, 6.45) is 16.2. The van der Waals surface area contributed by atoms with Gasteiger partial charge in [-0.15, -0.1) is 0 Å². The van der Waals surface area contributed by atoms with Crippen molar-refractivity contribution in [1.82, 2.24) is 0 Å². The SMILES string of the molecule is C[C@H](CCCC(C)(CO[Si](C)(C)C)O[Si](C)(C)C)[C@H]1CCC2C3C(CC[C@@]21C)[C@@]1(C)CC[C@H](O[Si](C)(C)C)CC1=C[C@H]3O[Si](C)(C)C. The van der Waals surface area contributed by atoms with E-state index in [1.807, 2.05) is 0 Å². The van der Waals surface area contributed by atoms with Crippen LogP contribution < -0.4 is 0 Å². The van der Waals surface area contributed by atoms with Gasteiger partial charge in [0.25, 0.3) is 0 Å². The average Bonchev–Trinajstić information content (AvgIpc) is 3.22. The van der Waals surface area contributed by atoms with Crippen LogP contribution in [0.1, 0.15) is 91.9 Å². The molecule has 0 radical (unpaired) electrons. The van der Waals surface area contributed by atoms with Crippen molar-refractivity contribution < 1.29 is 17.7 Å². The molecule has 4 unspecified atom stereocenters. The highest BCUT2D eigenvalue weighted by Crippen LogP contribution is 2.68. The van der Waals surface area contributed by atoms with Crippen molar-refractivity contribution in [3.63, 3.8) is 0 Å². The molecule has 0 heterocycles. The summed E-state index contributed by atoms with van der Waals surface area (Å²) in [4.78, 5) is 0. The lowest BCUT2D eigenvalue weighted by Crippen LogP contribution is -2.57. The molecule has 0 aromatic rings. The number of fused-ring (bicyclic) bond motifs is 5. The largest absolute Gasteiger partial charge is 0.415 e. The third kappa shape index (κ3) is 10.1. The van der Waals surface area contributed by atoms with Crippen LogP contribution in [0.5, 0.6) is 0 Å². The maximum Gasteiger partial charge on any atom is 0.184 e. The van der Waals surface area contributed by atoms with Gasteiger partial charge in [-0.2, -0.15) is 0 Å². The Morgan fingerprint density at radius 1 is 0.787 bits per heavy atom. The molecule has 47 heavy (non-hydrogen) atoms. The van der Waals surface area contributed by atoms with Crippen molar-refractivity contribution >= 4 is 33.3 Å². The minimum atomic E-state index is -1.72. The Morgan fingerprint density at radius 2 is 1.43 bits per heavy atom. The van der Waals surface area contributed by atoms with Crippen LogP contribution in [0.4, 0.5) is 0 Å². The first-order valence-electron chi connectivity index (χ1n) is 19.6. The van der Waals surface area contributed by atoms with E-state index in [0.29, 0.717) is 22.9 Å². The highest BCUT2D eigenvalue weighted by atomic mass is 28.4. The summed E-state index contributed by atoms with van der Waals surface area (Å²) in [5, 5.41) is 0. The van der Waals surface area contributed by atoms with Gasteiger partial charge in [0.2, 0.25) is 0 Å². The van der Waals surface area contributed by atoms with Gasteiger partial charge in [0.15, 0.2) is 33.3 Å². The van der Waals surface area contributed by atoms with Crippen molar-refractivity contribution in [3.8, 4) is 0 Å². The molecular weight excluding hydrogens is 645 g/mol. The molecule has 0 aliphatic heterocycles. The van der Waals surface area contributed by atoms with Crippen molar-refractivity contribution in [3.05, 3.63) is 11.6 Å². The fraction of sp³-hybridized carbons (Fsp3) is 0.949. The van der Waals surface area contributed by atoms with E-state index < -0.39 is 33.3 Å². The highest BCUT2D eigenvalue weighted by molar-refractivity contribution is 6.70. The van der Waals surface area contributed by atoms with Crippen molar-refractivity contribution in [1.29, 1.82) is 0 Å². The first-order valence-corrected chi connectivity index (χ1v) is 33.3. The second kappa shape index (κ2) is 14.1. The highest BCUT2D eigenvalue weighted by Gasteiger charge is 2.62.